The second kappa shape index (κ2) is 5.41. The lowest BCUT2D eigenvalue weighted by atomic mass is 9.73. The van der Waals surface area contributed by atoms with Crippen molar-refractivity contribution in [2.45, 2.75) is 57.2 Å². The molecule has 1 aromatic rings. The van der Waals surface area contributed by atoms with Gasteiger partial charge < -0.3 is 10.1 Å². The zero-order valence-electron chi connectivity index (χ0n) is 11.9. The number of hydrogen-bond acceptors (Lipinski definition) is 3. The topological polar surface area (TPSA) is 39.1 Å². The van der Waals surface area contributed by atoms with Crippen LogP contribution in [-0.4, -0.2) is 35.6 Å². The number of aromatic nitrogens is 2. The fraction of sp³-hybridized carbons (Fsp3) is 0.786. The third kappa shape index (κ3) is 2.45. The van der Waals surface area contributed by atoms with Gasteiger partial charge in [0.25, 0.3) is 0 Å². The molecular formula is C14H25N3O. The number of nitrogens with one attached hydrogen (secondary N) is 1. The van der Waals surface area contributed by atoms with Gasteiger partial charge in [-0.2, -0.15) is 5.10 Å². The molecule has 0 amide bonds. The standard InChI is InChI=1S/C14H25N3O/c1-11(2)17-9-6-12(16-17)10-13(15-3)14(18-4)7-5-8-14/h6,9,11,13,15H,5,7-8,10H2,1-4H3. The minimum absolute atomic E-state index is 0.0242. The molecule has 1 saturated carbocycles. The van der Waals surface area contributed by atoms with E-state index in [1.54, 1.807) is 0 Å². The monoisotopic (exact) mass is 251 g/mol. The van der Waals surface area contributed by atoms with Gasteiger partial charge in [0.1, 0.15) is 0 Å². The highest BCUT2D eigenvalue weighted by Crippen LogP contribution is 2.38. The fourth-order valence-electron chi connectivity index (χ4n) is 2.75. The molecule has 18 heavy (non-hydrogen) atoms. The van der Waals surface area contributed by atoms with E-state index >= 15 is 0 Å². The Morgan fingerprint density at radius 3 is 2.61 bits per heavy atom. The summed E-state index contributed by atoms with van der Waals surface area (Å²) >= 11 is 0. The molecule has 0 spiro atoms. The molecule has 1 unspecified atom stereocenters. The van der Waals surface area contributed by atoms with Crippen molar-refractivity contribution in [1.82, 2.24) is 15.1 Å². The summed E-state index contributed by atoms with van der Waals surface area (Å²) in [4.78, 5) is 0. The Morgan fingerprint density at radius 1 is 1.50 bits per heavy atom. The highest BCUT2D eigenvalue weighted by Gasteiger charge is 2.43. The van der Waals surface area contributed by atoms with Crippen LogP contribution < -0.4 is 5.32 Å². The van der Waals surface area contributed by atoms with Gasteiger partial charge in [0, 0.05) is 31.8 Å². The predicted molar refractivity (Wildman–Crippen MR) is 72.8 cm³/mol. The van der Waals surface area contributed by atoms with Crippen molar-refractivity contribution in [3.05, 3.63) is 18.0 Å². The van der Waals surface area contributed by atoms with E-state index in [2.05, 4.69) is 36.5 Å². The summed E-state index contributed by atoms with van der Waals surface area (Å²) in [5.41, 5.74) is 1.17. The first kappa shape index (κ1) is 13.6. The molecule has 0 aliphatic heterocycles. The fourth-order valence-corrected chi connectivity index (χ4v) is 2.75. The van der Waals surface area contributed by atoms with Crippen molar-refractivity contribution in [3.63, 3.8) is 0 Å². The quantitative estimate of drug-likeness (QED) is 0.842. The van der Waals surface area contributed by atoms with Crippen LogP contribution in [-0.2, 0) is 11.2 Å². The molecule has 1 aliphatic rings. The molecular weight excluding hydrogens is 226 g/mol. The van der Waals surface area contributed by atoms with Crippen molar-refractivity contribution < 1.29 is 4.74 Å². The van der Waals surface area contributed by atoms with E-state index in [4.69, 9.17) is 4.74 Å². The van der Waals surface area contributed by atoms with Gasteiger partial charge in [0.15, 0.2) is 0 Å². The maximum atomic E-state index is 5.76. The Kier molecular flexibility index (Phi) is 4.07. The van der Waals surface area contributed by atoms with Crippen LogP contribution >= 0.6 is 0 Å². The molecule has 0 aromatic carbocycles. The van der Waals surface area contributed by atoms with Crippen molar-refractivity contribution in [1.29, 1.82) is 0 Å². The third-order valence-corrected chi connectivity index (χ3v) is 4.20. The van der Waals surface area contributed by atoms with Gasteiger partial charge in [0.2, 0.25) is 0 Å². The van der Waals surface area contributed by atoms with Gasteiger partial charge in [-0.05, 0) is 46.2 Å². The molecule has 0 bridgehead atoms. The largest absolute Gasteiger partial charge is 0.377 e. The zero-order chi connectivity index (χ0) is 13.2. The summed E-state index contributed by atoms with van der Waals surface area (Å²) in [5, 5.41) is 8.03. The van der Waals surface area contributed by atoms with Gasteiger partial charge in [-0.25, -0.2) is 0 Å². The average Bonchev–Trinajstić information content (AvgIpc) is 2.75. The molecule has 4 heteroatoms. The SMILES string of the molecule is CNC(Cc1ccn(C(C)C)n1)C1(OC)CCC1. The number of rotatable bonds is 6. The molecule has 2 rings (SSSR count). The van der Waals surface area contributed by atoms with Crippen molar-refractivity contribution in [2.75, 3.05) is 14.2 Å². The first-order valence-corrected chi connectivity index (χ1v) is 6.88. The molecule has 1 heterocycles. The third-order valence-electron chi connectivity index (χ3n) is 4.20. The van der Waals surface area contributed by atoms with Crippen molar-refractivity contribution >= 4 is 0 Å². The van der Waals surface area contributed by atoms with Crippen LogP contribution in [0.1, 0.15) is 44.8 Å². The van der Waals surface area contributed by atoms with Crippen LogP contribution in [0.25, 0.3) is 0 Å². The summed E-state index contributed by atoms with van der Waals surface area (Å²) in [6, 6.07) is 2.89. The highest BCUT2D eigenvalue weighted by atomic mass is 16.5. The maximum absolute atomic E-state index is 5.76. The molecule has 1 atom stereocenters. The lowest BCUT2D eigenvalue weighted by molar-refractivity contribution is -0.0968. The van der Waals surface area contributed by atoms with Crippen LogP contribution in [0, 0.1) is 0 Å². The molecule has 1 fully saturated rings. The van der Waals surface area contributed by atoms with Crippen LogP contribution in [0.15, 0.2) is 12.3 Å². The smallest absolute Gasteiger partial charge is 0.0834 e. The summed E-state index contributed by atoms with van der Waals surface area (Å²) in [7, 11) is 3.85. The number of likely N-dealkylation sites (N-methyl/N-ethyl adjacent to an activating group) is 1. The van der Waals surface area contributed by atoms with Gasteiger partial charge in [-0.3, -0.25) is 4.68 Å². The Hall–Kier alpha value is -0.870. The van der Waals surface area contributed by atoms with E-state index in [1.807, 2.05) is 18.8 Å². The molecule has 1 aliphatic carbocycles. The van der Waals surface area contributed by atoms with E-state index < -0.39 is 0 Å². The predicted octanol–water partition coefficient (Wildman–Crippen LogP) is 2.16. The second-order valence-corrected chi connectivity index (χ2v) is 5.55. The van der Waals surface area contributed by atoms with E-state index in [-0.39, 0.29) is 5.60 Å². The van der Waals surface area contributed by atoms with Gasteiger partial charge >= 0.3 is 0 Å². The van der Waals surface area contributed by atoms with E-state index in [1.165, 1.54) is 6.42 Å². The number of methoxy groups -OCH3 is 1. The lowest BCUT2D eigenvalue weighted by Crippen LogP contribution is -2.56. The maximum Gasteiger partial charge on any atom is 0.0834 e. The molecule has 0 radical (unpaired) electrons. The highest BCUT2D eigenvalue weighted by molar-refractivity contribution is 5.08. The molecule has 1 aromatic heterocycles. The minimum Gasteiger partial charge on any atom is -0.377 e. The lowest BCUT2D eigenvalue weighted by Gasteiger charge is -2.46. The average molecular weight is 251 g/mol. The van der Waals surface area contributed by atoms with Crippen LogP contribution in [0.2, 0.25) is 0 Å². The molecule has 102 valence electrons. The summed E-state index contributed by atoms with van der Waals surface area (Å²) in [6.07, 6.45) is 6.57. The van der Waals surface area contributed by atoms with Gasteiger partial charge in [-0.1, -0.05) is 0 Å². The van der Waals surface area contributed by atoms with Crippen molar-refractivity contribution in [2.24, 2.45) is 0 Å². The number of nitrogens with zero attached hydrogens (tertiary/aromatic N) is 2. The Balaban J connectivity index is 2.05. The Labute approximate surface area is 110 Å². The minimum atomic E-state index is 0.0242. The van der Waals surface area contributed by atoms with Gasteiger partial charge in [0.05, 0.1) is 11.3 Å². The summed E-state index contributed by atoms with van der Waals surface area (Å²) in [6.45, 7) is 4.30. The molecule has 0 saturated heterocycles. The molecule has 1 N–H and O–H groups in total. The van der Waals surface area contributed by atoms with E-state index in [0.717, 1.165) is 25.0 Å². The summed E-state index contributed by atoms with van der Waals surface area (Å²) < 4.78 is 7.77. The second-order valence-electron chi connectivity index (χ2n) is 5.55. The molecule has 4 nitrogen and oxygen atoms in total. The first-order chi connectivity index (χ1) is 8.61. The van der Waals surface area contributed by atoms with E-state index in [9.17, 15) is 0 Å². The van der Waals surface area contributed by atoms with Gasteiger partial charge in [-0.15, -0.1) is 0 Å². The van der Waals surface area contributed by atoms with Crippen LogP contribution in [0.5, 0.6) is 0 Å². The number of hydrogen-bond donors (Lipinski definition) is 1. The van der Waals surface area contributed by atoms with Crippen LogP contribution in [0.3, 0.4) is 0 Å². The zero-order valence-corrected chi connectivity index (χ0v) is 11.9. The summed E-state index contributed by atoms with van der Waals surface area (Å²) in [5.74, 6) is 0. The van der Waals surface area contributed by atoms with E-state index in [0.29, 0.717) is 12.1 Å². The van der Waals surface area contributed by atoms with Crippen LogP contribution in [0.4, 0.5) is 0 Å². The normalized spacial score (nSPS) is 19.8. The first-order valence-electron chi connectivity index (χ1n) is 6.88. The Morgan fingerprint density at radius 2 is 2.22 bits per heavy atom. The van der Waals surface area contributed by atoms with Crippen molar-refractivity contribution in [3.8, 4) is 0 Å². The number of ether oxygens (including phenoxy) is 1. The Bertz CT molecular complexity index is 377.